The van der Waals surface area contributed by atoms with Crippen molar-refractivity contribution in [1.29, 1.82) is 5.41 Å². The normalized spacial score (nSPS) is 17.0. The molecule has 4 rings (SSSR count). The Hall–Kier alpha value is -3.46. The second-order valence-corrected chi connectivity index (χ2v) is 7.80. The zero-order chi connectivity index (χ0) is 22.0. The molecule has 0 spiro atoms. The molecular weight excluding hydrogens is 416 g/mol. The zero-order valence-corrected chi connectivity index (χ0v) is 17.9. The molecule has 1 N–H and O–H groups in total. The number of furan rings is 1. The van der Waals surface area contributed by atoms with Gasteiger partial charge in [0.15, 0.2) is 5.84 Å². The van der Waals surface area contributed by atoms with Gasteiger partial charge in [0.2, 0.25) is 5.17 Å². The summed E-state index contributed by atoms with van der Waals surface area (Å²) in [6.07, 6.45) is 3.20. The number of hydrazone groups is 1. The lowest BCUT2D eigenvalue weighted by molar-refractivity contribution is -0.114. The van der Waals surface area contributed by atoms with E-state index in [0.717, 1.165) is 23.4 Å². The Morgan fingerprint density at radius 1 is 1.23 bits per heavy atom. The molecule has 158 valence electrons. The molecule has 31 heavy (non-hydrogen) atoms. The number of thioether (sulfide) groups is 1. The molecule has 1 aromatic heterocycles. The number of carbonyl (C=O) groups is 2. The van der Waals surface area contributed by atoms with Crippen LogP contribution in [0.1, 0.15) is 42.8 Å². The number of aliphatic imine (C=N–C) groups is 1. The minimum atomic E-state index is -0.492. The maximum Gasteiger partial charge on any atom is 0.338 e. The second-order valence-electron chi connectivity index (χ2n) is 6.76. The lowest BCUT2D eigenvalue weighted by Crippen LogP contribution is -2.35. The zero-order valence-electron chi connectivity index (χ0n) is 17.0. The van der Waals surface area contributed by atoms with Crippen molar-refractivity contribution in [3.8, 4) is 11.3 Å². The Morgan fingerprint density at radius 3 is 2.71 bits per heavy atom. The van der Waals surface area contributed by atoms with Crippen LogP contribution in [0.4, 0.5) is 0 Å². The number of fused-ring (bicyclic) bond motifs is 1. The summed E-state index contributed by atoms with van der Waals surface area (Å²) in [5.74, 6) is 0.0961. The number of esters is 1. The lowest BCUT2D eigenvalue weighted by Gasteiger charge is -2.19. The molecule has 2 aromatic rings. The van der Waals surface area contributed by atoms with Gasteiger partial charge in [-0.05, 0) is 61.9 Å². The third kappa shape index (κ3) is 4.22. The molecule has 1 amide bonds. The topological polar surface area (TPSA) is 108 Å². The van der Waals surface area contributed by atoms with Crippen molar-refractivity contribution in [2.24, 2.45) is 10.1 Å². The van der Waals surface area contributed by atoms with Crippen LogP contribution >= 0.6 is 11.8 Å². The number of ether oxygens (including phenoxy) is 1. The summed E-state index contributed by atoms with van der Waals surface area (Å²) in [4.78, 5) is 28.3. The molecule has 1 aromatic carbocycles. The Labute approximate surface area is 183 Å². The van der Waals surface area contributed by atoms with Gasteiger partial charge in [-0.15, -0.1) is 0 Å². The van der Waals surface area contributed by atoms with Gasteiger partial charge in [0.05, 0.1) is 17.7 Å². The first-order chi connectivity index (χ1) is 15.0. The summed E-state index contributed by atoms with van der Waals surface area (Å²) in [6.45, 7) is 4.12. The Bertz CT molecular complexity index is 1140. The van der Waals surface area contributed by atoms with Crippen LogP contribution in [0.5, 0.6) is 0 Å². The molecule has 0 bridgehead atoms. The van der Waals surface area contributed by atoms with Crippen molar-refractivity contribution < 1.29 is 18.7 Å². The van der Waals surface area contributed by atoms with E-state index in [9.17, 15) is 9.59 Å². The van der Waals surface area contributed by atoms with Crippen LogP contribution in [0.3, 0.4) is 0 Å². The van der Waals surface area contributed by atoms with Crippen molar-refractivity contribution in [1.82, 2.24) is 5.01 Å². The van der Waals surface area contributed by atoms with Crippen molar-refractivity contribution >= 4 is 45.8 Å². The number of hydrogen-bond donors (Lipinski definition) is 1. The van der Waals surface area contributed by atoms with Crippen LogP contribution < -0.4 is 0 Å². The SMILES string of the molecule is CCCC1=NN2C(=N)C(=Cc3ccc(-c4ccc(C(=O)OCC)cc4)o3)C(=O)N=C2S1. The quantitative estimate of drug-likeness (QED) is 0.526. The summed E-state index contributed by atoms with van der Waals surface area (Å²) in [6, 6.07) is 10.3. The maximum atomic E-state index is 12.5. The molecule has 9 heteroatoms. The summed E-state index contributed by atoms with van der Waals surface area (Å²) in [5.41, 5.74) is 1.35. The number of amides is 1. The third-order valence-electron chi connectivity index (χ3n) is 4.55. The van der Waals surface area contributed by atoms with E-state index in [1.54, 1.807) is 43.3 Å². The van der Waals surface area contributed by atoms with E-state index < -0.39 is 5.91 Å². The van der Waals surface area contributed by atoms with E-state index in [1.807, 2.05) is 6.92 Å². The Morgan fingerprint density at radius 2 is 2.00 bits per heavy atom. The van der Waals surface area contributed by atoms with E-state index in [1.165, 1.54) is 22.8 Å². The van der Waals surface area contributed by atoms with Crippen molar-refractivity contribution in [3.05, 3.63) is 53.3 Å². The minimum absolute atomic E-state index is 0.0228. The molecule has 0 aliphatic carbocycles. The number of rotatable bonds is 6. The average molecular weight is 436 g/mol. The van der Waals surface area contributed by atoms with Crippen molar-refractivity contribution in [2.45, 2.75) is 26.7 Å². The maximum absolute atomic E-state index is 12.5. The molecular formula is C22H20N4O4S. The molecule has 2 aliphatic rings. The predicted octanol–water partition coefficient (Wildman–Crippen LogP) is 4.54. The molecule has 2 aliphatic heterocycles. The first-order valence-corrected chi connectivity index (χ1v) is 10.7. The van der Waals surface area contributed by atoms with E-state index in [2.05, 4.69) is 10.1 Å². The Balaban J connectivity index is 1.55. The molecule has 8 nitrogen and oxygen atoms in total. The third-order valence-corrected chi connectivity index (χ3v) is 5.52. The summed E-state index contributed by atoms with van der Waals surface area (Å²) >= 11 is 1.32. The van der Waals surface area contributed by atoms with Crippen LogP contribution in [0.25, 0.3) is 17.4 Å². The predicted molar refractivity (Wildman–Crippen MR) is 120 cm³/mol. The molecule has 0 saturated heterocycles. The lowest BCUT2D eigenvalue weighted by atomic mass is 10.1. The number of amidine groups is 2. The monoisotopic (exact) mass is 436 g/mol. The number of nitrogens with one attached hydrogen (secondary N) is 1. The fourth-order valence-electron chi connectivity index (χ4n) is 3.06. The highest BCUT2D eigenvalue weighted by Crippen LogP contribution is 2.30. The van der Waals surface area contributed by atoms with Gasteiger partial charge in [-0.25, -0.2) is 4.79 Å². The number of benzene rings is 1. The molecule has 0 saturated carbocycles. The van der Waals surface area contributed by atoms with Crippen LogP contribution in [-0.4, -0.2) is 39.5 Å². The van der Waals surface area contributed by atoms with Crippen LogP contribution in [0.15, 0.2) is 56.5 Å². The standard InChI is InChI=1S/C22H20N4O4S/c1-3-5-18-25-26-19(23)16(20(27)24-22(26)31-18)12-15-10-11-17(30-15)13-6-8-14(9-7-13)21(28)29-4-2/h6-12,23H,3-5H2,1-2H3. The van der Waals surface area contributed by atoms with Gasteiger partial charge in [0, 0.05) is 5.56 Å². The highest BCUT2D eigenvalue weighted by molar-refractivity contribution is 8.26. The summed E-state index contributed by atoms with van der Waals surface area (Å²) in [7, 11) is 0. The Kier molecular flexibility index (Phi) is 5.85. The smallest absolute Gasteiger partial charge is 0.338 e. The van der Waals surface area contributed by atoms with Gasteiger partial charge in [-0.3, -0.25) is 10.2 Å². The van der Waals surface area contributed by atoms with Gasteiger partial charge in [0.1, 0.15) is 16.6 Å². The van der Waals surface area contributed by atoms with Crippen molar-refractivity contribution in [2.75, 3.05) is 6.61 Å². The molecule has 0 unspecified atom stereocenters. The summed E-state index contributed by atoms with van der Waals surface area (Å²) in [5, 5.41) is 15.4. The van der Waals surface area contributed by atoms with Gasteiger partial charge >= 0.3 is 5.97 Å². The molecule has 0 fully saturated rings. The van der Waals surface area contributed by atoms with Gasteiger partial charge in [-0.1, -0.05) is 19.1 Å². The molecule has 0 atom stereocenters. The highest BCUT2D eigenvalue weighted by atomic mass is 32.2. The van der Waals surface area contributed by atoms with E-state index in [0.29, 0.717) is 28.9 Å². The van der Waals surface area contributed by atoms with Gasteiger partial charge < -0.3 is 9.15 Å². The van der Waals surface area contributed by atoms with Gasteiger partial charge in [0.25, 0.3) is 5.91 Å². The summed E-state index contributed by atoms with van der Waals surface area (Å²) < 4.78 is 10.8. The fourth-order valence-corrected chi connectivity index (χ4v) is 4.05. The second kappa shape index (κ2) is 8.73. The van der Waals surface area contributed by atoms with E-state index >= 15 is 0 Å². The van der Waals surface area contributed by atoms with E-state index in [4.69, 9.17) is 14.6 Å². The molecule has 3 heterocycles. The number of hydrogen-bond acceptors (Lipinski definition) is 7. The van der Waals surface area contributed by atoms with Crippen LogP contribution in [0, 0.1) is 5.41 Å². The minimum Gasteiger partial charge on any atom is -0.462 e. The number of carbonyl (C=O) groups excluding carboxylic acids is 2. The number of nitrogens with zero attached hydrogens (tertiary/aromatic N) is 3. The van der Waals surface area contributed by atoms with Crippen LogP contribution in [-0.2, 0) is 9.53 Å². The average Bonchev–Trinajstić information content (AvgIpc) is 3.39. The van der Waals surface area contributed by atoms with Crippen LogP contribution in [0.2, 0.25) is 0 Å². The largest absolute Gasteiger partial charge is 0.462 e. The highest BCUT2D eigenvalue weighted by Gasteiger charge is 2.35. The van der Waals surface area contributed by atoms with Crippen molar-refractivity contribution in [3.63, 3.8) is 0 Å². The van der Waals surface area contributed by atoms with Gasteiger partial charge in [-0.2, -0.15) is 15.1 Å². The first-order valence-electron chi connectivity index (χ1n) is 9.86. The first kappa shape index (κ1) is 20.8. The molecule has 0 radical (unpaired) electrons. The van der Waals surface area contributed by atoms with E-state index in [-0.39, 0.29) is 17.4 Å². The fraction of sp³-hybridized carbons (Fsp3) is 0.227.